The summed E-state index contributed by atoms with van der Waals surface area (Å²) in [5.74, 6) is 0.854. The zero-order chi connectivity index (χ0) is 21.0. The molecule has 0 N–H and O–H groups in total. The summed E-state index contributed by atoms with van der Waals surface area (Å²) < 4.78 is 10.8. The predicted molar refractivity (Wildman–Crippen MR) is 116 cm³/mol. The summed E-state index contributed by atoms with van der Waals surface area (Å²) in [6.07, 6.45) is 13.8. The molecular formula is C24H46O4. The van der Waals surface area contributed by atoms with Gasteiger partial charge in [0.05, 0.1) is 13.2 Å². The van der Waals surface area contributed by atoms with Crippen molar-refractivity contribution in [1.29, 1.82) is 0 Å². The molecule has 2 atom stereocenters. The molecule has 0 spiro atoms. The quantitative estimate of drug-likeness (QED) is 0.176. The van der Waals surface area contributed by atoms with E-state index in [0.29, 0.717) is 37.9 Å². The molecule has 0 bridgehead atoms. The van der Waals surface area contributed by atoms with E-state index in [1.807, 2.05) is 0 Å². The van der Waals surface area contributed by atoms with Crippen molar-refractivity contribution in [1.82, 2.24) is 0 Å². The van der Waals surface area contributed by atoms with Gasteiger partial charge in [-0.1, -0.05) is 79.1 Å². The van der Waals surface area contributed by atoms with Crippen LogP contribution in [0.4, 0.5) is 0 Å². The summed E-state index contributed by atoms with van der Waals surface area (Å²) >= 11 is 0. The van der Waals surface area contributed by atoms with Crippen LogP contribution in [0.2, 0.25) is 0 Å². The fraction of sp³-hybridized carbons (Fsp3) is 0.917. The Kier molecular flexibility index (Phi) is 18.5. The molecule has 4 nitrogen and oxygen atoms in total. The van der Waals surface area contributed by atoms with Gasteiger partial charge in [-0.3, -0.25) is 9.59 Å². The monoisotopic (exact) mass is 398 g/mol. The van der Waals surface area contributed by atoms with E-state index in [2.05, 4.69) is 27.7 Å². The summed E-state index contributed by atoms with van der Waals surface area (Å²) in [7, 11) is 0. The number of carbonyl (C=O) groups excluding carboxylic acids is 2. The molecule has 0 rings (SSSR count). The second kappa shape index (κ2) is 19.3. The van der Waals surface area contributed by atoms with Crippen LogP contribution in [0.3, 0.4) is 0 Å². The third-order valence-electron chi connectivity index (χ3n) is 5.56. The zero-order valence-corrected chi connectivity index (χ0v) is 19.1. The van der Waals surface area contributed by atoms with E-state index in [4.69, 9.17) is 9.47 Å². The van der Waals surface area contributed by atoms with Gasteiger partial charge in [0.2, 0.25) is 0 Å². The highest BCUT2D eigenvalue weighted by Crippen LogP contribution is 2.15. The normalized spacial score (nSPS) is 13.1. The fourth-order valence-corrected chi connectivity index (χ4v) is 3.25. The Bertz CT molecular complexity index is 345. The second-order valence-electron chi connectivity index (χ2n) is 8.11. The van der Waals surface area contributed by atoms with Crippen LogP contribution in [0.1, 0.15) is 118 Å². The number of esters is 2. The first kappa shape index (κ1) is 26.9. The molecule has 28 heavy (non-hydrogen) atoms. The van der Waals surface area contributed by atoms with E-state index in [-0.39, 0.29) is 11.9 Å². The zero-order valence-electron chi connectivity index (χ0n) is 19.1. The number of carbonyl (C=O) groups is 2. The van der Waals surface area contributed by atoms with Gasteiger partial charge in [0.25, 0.3) is 0 Å². The molecule has 166 valence electrons. The van der Waals surface area contributed by atoms with E-state index in [0.717, 1.165) is 51.4 Å². The highest BCUT2D eigenvalue weighted by atomic mass is 16.5. The Labute approximate surface area is 174 Å². The molecule has 0 aromatic rings. The maximum absolute atomic E-state index is 11.8. The highest BCUT2D eigenvalue weighted by molar-refractivity contribution is 5.69. The largest absolute Gasteiger partial charge is 0.465 e. The van der Waals surface area contributed by atoms with Crippen molar-refractivity contribution < 1.29 is 19.1 Å². The highest BCUT2D eigenvalue weighted by Gasteiger charge is 2.11. The third-order valence-corrected chi connectivity index (χ3v) is 5.56. The lowest BCUT2D eigenvalue weighted by atomic mass is 10.0. The van der Waals surface area contributed by atoms with E-state index in [9.17, 15) is 9.59 Å². The molecule has 0 aromatic heterocycles. The molecule has 0 unspecified atom stereocenters. The molecule has 0 aliphatic carbocycles. The van der Waals surface area contributed by atoms with Crippen molar-refractivity contribution >= 4 is 11.9 Å². The Morgan fingerprint density at radius 2 is 1.00 bits per heavy atom. The molecule has 0 radical (unpaired) electrons. The third kappa shape index (κ3) is 15.9. The van der Waals surface area contributed by atoms with Crippen LogP contribution in [-0.4, -0.2) is 25.2 Å². The van der Waals surface area contributed by atoms with E-state index >= 15 is 0 Å². The summed E-state index contributed by atoms with van der Waals surface area (Å²) in [6, 6.07) is 0. The van der Waals surface area contributed by atoms with Gasteiger partial charge < -0.3 is 9.47 Å². The van der Waals surface area contributed by atoms with Gasteiger partial charge in [0, 0.05) is 12.8 Å². The number of hydrogen-bond donors (Lipinski definition) is 0. The Morgan fingerprint density at radius 3 is 1.32 bits per heavy atom. The molecular weight excluding hydrogens is 352 g/mol. The van der Waals surface area contributed by atoms with Gasteiger partial charge in [-0.05, 0) is 37.5 Å². The minimum absolute atomic E-state index is 0.0768. The van der Waals surface area contributed by atoms with Crippen molar-refractivity contribution in [3.05, 3.63) is 0 Å². The van der Waals surface area contributed by atoms with Gasteiger partial charge in [-0.2, -0.15) is 0 Å². The molecule has 0 amide bonds. The van der Waals surface area contributed by atoms with Crippen LogP contribution in [0.5, 0.6) is 0 Å². The lowest BCUT2D eigenvalue weighted by molar-refractivity contribution is -0.146. The van der Waals surface area contributed by atoms with Crippen LogP contribution >= 0.6 is 0 Å². The SMILES string of the molecule is CCCC[C@H](CC)COC(=O)CCCCCCC(=O)OC[C@@H](CC)CCCC. The van der Waals surface area contributed by atoms with Crippen molar-refractivity contribution in [2.45, 2.75) is 118 Å². The summed E-state index contributed by atoms with van der Waals surface area (Å²) in [5, 5.41) is 0. The van der Waals surface area contributed by atoms with Crippen LogP contribution in [-0.2, 0) is 19.1 Å². The Balaban J connectivity index is 3.63. The lowest BCUT2D eigenvalue weighted by Crippen LogP contribution is -2.14. The lowest BCUT2D eigenvalue weighted by Gasteiger charge is -2.14. The van der Waals surface area contributed by atoms with E-state index < -0.39 is 0 Å². The van der Waals surface area contributed by atoms with E-state index in [1.165, 1.54) is 25.7 Å². The summed E-state index contributed by atoms with van der Waals surface area (Å²) in [6.45, 7) is 9.83. The van der Waals surface area contributed by atoms with Gasteiger partial charge >= 0.3 is 11.9 Å². The first-order valence-corrected chi connectivity index (χ1v) is 11.9. The molecule has 0 saturated carbocycles. The van der Waals surface area contributed by atoms with Crippen molar-refractivity contribution in [2.24, 2.45) is 11.8 Å². The molecule has 0 saturated heterocycles. The standard InChI is InChI=1S/C24H46O4/c1-5-9-15-21(7-3)19-27-23(25)17-13-11-12-14-18-24(26)28-20-22(8-4)16-10-6-2/h21-22H,5-20H2,1-4H3/t21-,22-/m0/s1. The van der Waals surface area contributed by atoms with Gasteiger partial charge in [0.15, 0.2) is 0 Å². The number of hydrogen-bond acceptors (Lipinski definition) is 4. The van der Waals surface area contributed by atoms with Crippen LogP contribution in [0.15, 0.2) is 0 Å². The van der Waals surface area contributed by atoms with E-state index in [1.54, 1.807) is 0 Å². The maximum Gasteiger partial charge on any atom is 0.305 e. The molecule has 0 fully saturated rings. The van der Waals surface area contributed by atoms with Crippen molar-refractivity contribution in [2.75, 3.05) is 13.2 Å². The average Bonchev–Trinajstić information content (AvgIpc) is 2.70. The van der Waals surface area contributed by atoms with Crippen molar-refractivity contribution in [3.63, 3.8) is 0 Å². The van der Waals surface area contributed by atoms with Gasteiger partial charge in [0.1, 0.15) is 0 Å². The molecule has 0 aliphatic heterocycles. The fourth-order valence-electron chi connectivity index (χ4n) is 3.25. The molecule has 0 aromatic carbocycles. The van der Waals surface area contributed by atoms with Crippen LogP contribution in [0, 0.1) is 11.8 Å². The average molecular weight is 399 g/mol. The van der Waals surface area contributed by atoms with Gasteiger partial charge in [-0.25, -0.2) is 0 Å². The number of ether oxygens (including phenoxy) is 2. The minimum Gasteiger partial charge on any atom is -0.465 e. The molecule has 4 heteroatoms. The molecule has 0 aliphatic rings. The topological polar surface area (TPSA) is 52.6 Å². The van der Waals surface area contributed by atoms with Gasteiger partial charge in [-0.15, -0.1) is 0 Å². The van der Waals surface area contributed by atoms with Crippen LogP contribution in [0.25, 0.3) is 0 Å². The second-order valence-corrected chi connectivity index (χ2v) is 8.11. The predicted octanol–water partition coefficient (Wildman–Crippen LogP) is 6.85. The minimum atomic E-state index is -0.0768. The smallest absolute Gasteiger partial charge is 0.305 e. The number of rotatable bonds is 19. The summed E-state index contributed by atoms with van der Waals surface area (Å²) in [4.78, 5) is 23.7. The number of unbranched alkanes of at least 4 members (excludes halogenated alkanes) is 5. The first-order chi connectivity index (χ1) is 13.6. The molecule has 0 heterocycles. The Morgan fingerprint density at radius 1 is 0.607 bits per heavy atom. The maximum atomic E-state index is 11.8. The van der Waals surface area contributed by atoms with Crippen LogP contribution < -0.4 is 0 Å². The summed E-state index contributed by atoms with van der Waals surface area (Å²) in [5.41, 5.74) is 0. The Hall–Kier alpha value is -1.06. The van der Waals surface area contributed by atoms with Crippen molar-refractivity contribution in [3.8, 4) is 0 Å². The first-order valence-electron chi connectivity index (χ1n) is 11.9.